The molecule has 0 spiro atoms. The summed E-state index contributed by atoms with van der Waals surface area (Å²) in [5, 5.41) is 0. The lowest BCUT2D eigenvalue weighted by molar-refractivity contribution is 0.505. The van der Waals surface area contributed by atoms with Crippen LogP contribution in [0, 0.1) is 18.6 Å². The Morgan fingerprint density at radius 1 is 1.38 bits per heavy atom. The molecule has 13 heavy (non-hydrogen) atoms. The molecule has 4 heteroatoms. The Bertz CT molecular complexity index is 478. The van der Waals surface area contributed by atoms with Gasteiger partial charge in [0.15, 0.2) is 4.77 Å². The van der Waals surface area contributed by atoms with Crippen LogP contribution in [0.4, 0.5) is 0 Å². The summed E-state index contributed by atoms with van der Waals surface area (Å²) in [4.78, 5) is 5.97. The van der Waals surface area contributed by atoms with Crippen molar-refractivity contribution in [3.05, 3.63) is 28.6 Å². The van der Waals surface area contributed by atoms with Crippen LogP contribution in [-0.4, -0.2) is 9.97 Å². The third kappa shape index (κ3) is 1.45. The minimum Gasteiger partial charge on any atom is -0.466 e. The van der Waals surface area contributed by atoms with E-state index in [1.54, 1.807) is 0 Å². The summed E-state index contributed by atoms with van der Waals surface area (Å²) >= 11 is 4.94. The number of hydrogen-bond donors (Lipinski definition) is 2. The van der Waals surface area contributed by atoms with Crippen LogP contribution in [0.15, 0.2) is 16.7 Å². The van der Waals surface area contributed by atoms with Crippen LogP contribution in [0.25, 0.3) is 11.3 Å². The van der Waals surface area contributed by atoms with E-state index in [0.29, 0.717) is 4.77 Å². The van der Waals surface area contributed by atoms with Crippen LogP contribution in [0.5, 0.6) is 0 Å². The number of rotatable bonds is 1. The Morgan fingerprint density at radius 2 is 2.15 bits per heavy atom. The first-order valence-electron chi connectivity index (χ1n) is 4.02. The van der Waals surface area contributed by atoms with Gasteiger partial charge in [-0.25, -0.2) is 0 Å². The summed E-state index contributed by atoms with van der Waals surface area (Å²) in [6.45, 7) is 3.87. The first kappa shape index (κ1) is 8.31. The summed E-state index contributed by atoms with van der Waals surface area (Å²) in [5.74, 6) is 1.82. The van der Waals surface area contributed by atoms with Gasteiger partial charge in [0.25, 0.3) is 0 Å². The lowest BCUT2D eigenvalue weighted by Crippen LogP contribution is -1.75. The maximum absolute atomic E-state index is 5.41. The standard InChI is InChI=1S/C9H10N2OS/c1-5-3-7(6(2)12-5)8-4-10-9(13)11-8/h3-4H,1-2H3,(H2,10,11,13). The van der Waals surface area contributed by atoms with Gasteiger partial charge >= 0.3 is 0 Å². The molecule has 0 aliphatic rings. The number of nitrogens with one attached hydrogen (secondary N) is 2. The predicted octanol–water partition coefficient (Wildman–Crippen LogP) is 2.95. The van der Waals surface area contributed by atoms with Crippen molar-refractivity contribution in [3.63, 3.8) is 0 Å². The molecule has 2 aromatic heterocycles. The van der Waals surface area contributed by atoms with Crippen molar-refractivity contribution in [3.8, 4) is 11.3 Å². The van der Waals surface area contributed by atoms with Crippen LogP contribution in [-0.2, 0) is 0 Å². The van der Waals surface area contributed by atoms with Gasteiger partial charge in [-0.1, -0.05) is 0 Å². The number of aromatic amines is 2. The minimum absolute atomic E-state index is 0.633. The summed E-state index contributed by atoms with van der Waals surface area (Å²) in [6.07, 6.45) is 1.85. The van der Waals surface area contributed by atoms with Gasteiger partial charge in [-0.05, 0) is 32.1 Å². The maximum Gasteiger partial charge on any atom is 0.174 e. The normalized spacial score (nSPS) is 10.6. The highest BCUT2D eigenvalue weighted by atomic mass is 32.1. The van der Waals surface area contributed by atoms with E-state index in [-0.39, 0.29) is 0 Å². The van der Waals surface area contributed by atoms with E-state index in [4.69, 9.17) is 16.6 Å². The molecule has 3 nitrogen and oxygen atoms in total. The maximum atomic E-state index is 5.41. The molecular weight excluding hydrogens is 184 g/mol. The van der Waals surface area contributed by atoms with Crippen molar-refractivity contribution in [1.82, 2.24) is 9.97 Å². The Morgan fingerprint density at radius 3 is 2.62 bits per heavy atom. The molecule has 0 aliphatic heterocycles. The number of hydrogen-bond acceptors (Lipinski definition) is 2. The van der Waals surface area contributed by atoms with Crippen LogP contribution in [0.3, 0.4) is 0 Å². The topological polar surface area (TPSA) is 44.7 Å². The van der Waals surface area contributed by atoms with E-state index in [1.165, 1.54) is 0 Å². The molecule has 2 heterocycles. The van der Waals surface area contributed by atoms with Crippen LogP contribution >= 0.6 is 12.2 Å². The second kappa shape index (κ2) is 2.88. The molecule has 0 radical (unpaired) electrons. The van der Waals surface area contributed by atoms with Crippen molar-refractivity contribution in [2.45, 2.75) is 13.8 Å². The fourth-order valence-electron chi connectivity index (χ4n) is 1.38. The van der Waals surface area contributed by atoms with Gasteiger partial charge in [0.1, 0.15) is 11.5 Å². The fourth-order valence-corrected chi connectivity index (χ4v) is 1.54. The molecule has 2 rings (SSSR count). The Hall–Kier alpha value is -1.29. The molecule has 0 fully saturated rings. The second-order valence-electron chi connectivity index (χ2n) is 2.98. The molecule has 0 amide bonds. The van der Waals surface area contributed by atoms with Crippen molar-refractivity contribution in [2.75, 3.05) is 0 Å². The first-order valence-corrected chi connectivity index (χ1v) is 4.43. The van der Waals surface area contributed by atoms with Gasteiger partial charge < -0.3 is 14.4 Å². The molecular formula is C9H10N2OS. The van der Waals surface area contributed by atoms with Gasteiger partial charge in [0.05, 0.1) is 5.69 Å². The number of furan rings is 1. The number of aryl methyl sites for hydroxylation is 2. The molecule has 2 N–H and O–H groups in total. The van der Waals surface area contributed by atoms with Crippen LogP contribution in [0.1, 0.15) is 11.5 Å². The lowest BCUT2D eigenvalue weighted by atomic mass is 10.2. The van der Waals surface area contributed by atoms with E-state index < -0.39 is 0 Å². The van der Waals surface area contributed by atoms with Crippen molar-refractivity contribution in [1.29, 1.82) is 0 Å². The molecule has 0 bridgehead atoms. The summed E-state index contributed by atoms with van der Waals surface area (Å²) in [6, 6.07) is 1.99. The predicted molar refractivity (Wildman–Crippen MR) is 53.2 cm³/mol. The third-order valence-electron chi connectivity index (χ3n) is 1.93. The van der Waals surface area contributed by atoms with E-state index in [2.05, 4.69) is 9.97 Å². The number of H-pyrrole nitrogens is 2. The highest BCUT2D eigenvalue weighted by molar-refractivity contribution is 7.71. The van der Waals surface area contributed by atoms with Gasteiger partial charge in [0.2, 0.25) is 0 Å². The molecule has 0 aromatic carbocycles. The van der Waals surface area contributed by atoms with E-state index >= 15 is 0 Å². The fraction of sp³-hybridized carbons (Fsp3) is 0.222. The molecule has 0 saturated heterocycles. The first-order chi connectivity index (χ1) is 6.16. The molecule has 0 aliphatic carbocycles. The molecule has 0 unspecified atom stereocenters. The zero-order valence-electron chi connectivity index (χ0n) is 7.47. The van der Waals surface area contributed by atoms with E-state index in [1.807, 2.05) is 26.1 Å². The number of imidazole rings is 1. The largest absolute Gasteiger partial charge is 0.466 e. The Balaban J connectivity index is 2.57. The SMILES string of the molecule is Cc1cc(-c2c[nH]c(=S)[nH]2)c(C)o1. The van der Waals surface area contributed by atoms with Crippen LogP contribution < -0.4 is 0 Å². The zero-order valence-corrected chi connectivity index (χ0v) is 8.29. The van der Waals surface area contributed by atoms with E-state index in [9.17, 15) is 0 Å². The molecule has 0 atom stereocenters. The highest BCUT2D eigenvalue weighted by Gasteiger charge is 2.07. The van der Waals surface area contributed by atoms with Crippen molar-refractivity contribution >= 4 is 12.2 Å². The summed E-state index contributed by atoms with van der Waals surface area (Å²) in [7, 11) is 0. The molecule has 68 valence electrons. The van der Waals surface area contributed by atoms with Gasteiger partial charge in [-0.3, -0.25) is 0 Å². The van der Waals surface area contributed by atoms with Gasteiger partial charge in [-0.15, -0.1) is 0 Å². The smallest absolute Gasteiger partial charge is 0.174 e. The van der Waals surface area contributed by atoms with E-state index in [0.717, 1.165) is 22.8 Å². The van der Waals surface area contributed by atoms with Gasteiger partial charge in [0, 0.05) is 11.8 Å². The average Bonchev–Trinajstić information content (AvgIpc) is 2.58. The molecule has 0 saturated carbocycles. The summed E-state index contributed by atoms with van der Waals surface area (Å²) < 4.78 is 6.04. The third-order valence-corrected chi connectivity index (χ3v) is 2.15. The Labute approximate surface area is 80.8 Å². The number of aromatic nitrogens is 2. The summed E-state index contributed by atoms with van der Waals surface area (Å²) in [5.41, 5.74) is 2.03. The minimum atomic E-state index is 0.633. The van der Waals surface area contributed by atoms with Gasteiger partial charge in [-0.2, -0.15) is 0 Å². The van der Waals surface area contributed by atoms with Crippen LogP contribution in [0.2, 0.25) is 0 Å². The van der Waals surface area contributed by atoms with Crippen molar-refractivity contribution < 1.29 is 4.42 Å². The second-order valence-corrected chi connectivity index (χ2v) is 3.39. The Kier molecular flexibility index (Phi) is 1.84. The van der Waals surface area contributed by atoms with Crippen molar-refractivity contribution in [2.24, 2.45) is 0 Å². The lowest BCUT2D eigenvalue weighted by Gasteiger charge is -1.90. The molecule has 2 aromatic rings. The monoisotopic (exact) mass is 194 g/mol. The average molecular weight is 194 g/mol. The quantitative estimate of drug-likeness (QED) is 0.685. The highest BCUT2D eigenvalue weighted by Crippen LogP contribution is 2.24. The zero-order chi connectivity index (χ0) is 9.42.